The Morgan fingerprint density at radius 2 is 2.33 bits per heavy atom. The minimum absolute atomic E-state index is 0.0801. The van der Waals surface area contributed by atoms with E-state index in [2.05, 4.69) is 11.1 Å². The summed E-state index contributed by atoms with van der Waals surface area (Å²) in [5.74, 6) is 0. The third-order valence-electron chi connectivity index (χ3n) is 1.81. The molecule has 0 aliphatic carbocycles. The second-order valence-electron chi connectivity index (χ2n) is 2.70. The van der Waals surface area contributed by atoms with Crippen LogP contribution in [0.25, 0.3) is 10.2 Å². The molecule has 1 heterocycles. The van der Waals surface area contributed by atoms with Crippen molar-refractivity contribution in [3.63, 3.8) is 0 Å². The zero-order valence-corrected chi connectivity index (χ0v) is 8.19. The van der Waals surface area contributed by atoms with Gasteiger partial charge in [0.2, 0.25) is 0 Å². The first-order valence-corrected chi connectivity index (χ1v) is 5.06. The van der Waals surface area contributed by atoms with Gasteiger partial charge in [-0.15, -0.1) is 22.9 Å². The molecule has 3 heteroatoms. The van der Waals surface area contributed by atoms with E-state index in [9.17, 15) is 0 Å². The second-order valence-corrected chi connectivity index (χ2v) is 4.24. The van der Waals surface area contributed by atoms with Gasteiger partial charge in [-0.1, -0.05) is 6.07 Å². The van der Waals surface area contributed by atoms with Crippen LogP contribution >= 0.6 is 22.9 Å². The molecule has 0 saturated heterocycles. The molecule has 0 bridgehead atoms. The third-order valence-corrected chi connectivity index (χ3v) is 2.86. The zero-order chi connectivity index (χ0) is 8.55. The number of nitrogens with zero attached hydrogens (tertiary/aromatic N) is 1. The zero-order valence-electron chi connectivity index (χ0n) is 6.62. The summed E-state index contributed by atoms with van der Waals surface area (Å²) in [6.45, 7) is 1.98. The van der Waals surface area contributed by atoms with Gasteiger partial charge in [-0.25, -0.2) is 4.98 Å². The molecule has 1 nitrogen and oxygen atoms in total. The summed E-state index contributed by atoms with van der Waals surface area (Å²) in [4.78, 5) is 4.19. The first-order valence-electron chi connectivity index (χ1n) is 3.74. The molecule has 0 radical (unpaired) electrons. The van der Waals surface area contributed by atoms with Crippen LogP contribution in [-0.2, 0) is 0 Å². The van der Waals surface area contributed by atoms with Gasteiger partial charge in [-0.2, -0.15) is 0 Å². The van der Waals surface area contributed by atoms with Gasteiger partial charge < -0.3 is 0 Å². The van der Waals surface area contributed by atoms with E-state index < -0.39 is 0 Å². The maximum absolute atomic E-state index is 5.95. The predicted octanol–water partition coefficient (Wildman–Crippen LogP) is 3.60. The summed E-state index contributed by atoms with van der Waals surface area (Å²) in [5, 5.41) is 0.0801. The molecule has 0 aliphatic heterocycles. The fourth-order valence-electron chi connectivity index (χ4n) is 1.12. The summed E-state index contributed by atoms with van der Waals surface area (Å²) in [6.07, 6.45) is 0. The van der Waals surface area contributed by atoms with E-state index in [1.54, 1.807) is 11.3 Å². The van der Waals surface area contributed by atoms with Crippen molar-refractivity contribution in [2.45, 2.75) is 12.3 Å². The second kappa shape index (κ2) is 3.04. The topological polar surface area (TPSA) is 12.9 Å². The summed E-state index contributed by atoms with van der Waals surface area (Å²) in [7, 11) is 0. The van der Waals surface area contributed by atoms with Crippen molar-refractivity contribution in [3.8, 4) is 0 Å². The number of aromatic nitrogens is 1. The molecule has 2 aromatic rings. The number of hydrogen-bond donors (Lipinski definition) is 0. The molecule has 1 atom stereocenters. The maximum Gasteiger partial charge on any atom is 0.0812 e. The van der Waals surface area contributed by atoms with Crippen LogP contribution in [0.1, 0.15) is 17.9 Å². The smallest absolute Gasteiger partial charge is 0.0812 e. The van der Waals surface area contributed by atoms with Gasteiger partial charge in [-0.05, 0) is 24.6 Å². The highest BCUT2D eigenvalue weighted by Crippen LogP contribution is 2.25. The minimum atomic E-state index is 0.0801. The Bertz CT molecular complexity index is 394. The van der Waals surface area contributed by atoms with E-state index in [0.29, 0.717) is 0 Å². The Kier molecular flexibility index (Phi) is 2.03. The van der Waals surface area contributed by atoms with Crippen molar-refractivity contribution in [2.24, 2.45) is 0 Å². The average molecular weight is 198 g/mol. The van der Waals surface area contributed by atoms with Crippen LogP contribution in [0, 0.1) is 0 Å². The highest BCUT2D eigenvalue weighted by Gasteiger charge is 2.02. The van der Waals surface area contributed by atoms with Crippen molar-refractivity contribution >= 4 is 33.2 Å². The molecular weight excluding hydrogens is 190 g/mol. The van der Waals surface area contributed by atoms with Gasteiger partial charge in [0.15, 0.2) is 0 Å². The normalized spacial score (nSPS) is 13.5. The van der Waals surface area contributed by atoms with Crippen LogP contribution in [0.5, 0.6) is 0 Å². The van der Waals surface area contributed by atoms with Crippen LogP contribution in [0.15, 0.2) is 23.7 Å². The third kappa shape index (κ3) is 1.32. The summed E-state index contributed by atoms with van der Waals surface area (Å²) in [5.41, 5.74) is 4.07. The quantitative estimate of drug-likeness (QED) is 0.637. The SMILES string of the molecule is CC(Cl)c1ccc2ncsc2c1. The molecule has 62 valence electrons. The summed E-state index contributed by atoms with van der Waals surface area (Å²) in [6, 6.07) is 6.14. The Morgan fingerprint density at radius 1 is 1.50 bits per heavy atom. The first-order chi connectivity index (χ1) is 5.77. The van der Waals surface area contributed by atoms with Crippen LogP contribution in [0.4, 0.5) is 0 Å². The molecular formula is C9H8ClNS. The number of thiazole rings is 1. The number of rotatable bonds is 1. The van der Waals surface area contributed by atoms with E-state index in [1.807, 2.05) is 24.6 Å². The van der Waals surface area contributed by atoms with Crippen LogP contribution in [-0.4, -0.2) is 4.98 Å². The molecule has 1 aromatic heterocycles. The molecule has 1 unspecified atom stereocenters. The number of fused-ring (bicyclic) bond motifs is 1. The lowest BCUT2D eigenvalue weighted by Gasteiger charge is -2.01. The molecule has 0 N–H and O–H groups in total. The number of hydrogen-bond acceptors (Lipinski definition) is 2. The Hall–Kier alpha value is -0.600. The van der Waals surface area contributed by atoms with Gasteiger partial charge in [-0.3, -0.25) is 0 Å². The number of benzene rings is 1. The predicted molar refractivity (Wildman–Crippen MR) is 53.9 cm³/mol. The van der Waals surface area contributed by atoms with E-state index in [-0.39, 0.29) is 5.38 Å². The molecule has 0 saturated carbocycles. The fourth-order valence-corrected chi connectivity index (χ4v) is 1.98. The van der Waals surface area contributed by atoms with Gasteiger partial charge in [0.25, 0.3) is 0 Å². The van der Waals surface area contributed by atoms with E-state index in [1.165, 1.54) is 4.70 Å². The fraction of sp³-hybridized carbons (Fsp3) is 0.222. The average Bonchev–Trinajstić information content (AvgIpc) is 2.49. The Morgan fingerprint density at radius 3 is 3.08 bits per heavy atom. The van der Waals surface area contributed by atoms with Crippen molar-refractivity contribution < 1.29 is 0 Å². The monoisotopic (exact) mass is 197 g/mol. The van der Waals surface area contributed by atoms with Crippen molar-refractivity contribution in [2.75, 3.05) is 0 Å². The highest BCUT2D eigenvalue weighted by molar-refractivity contribution is 7.16. The van der Waals surface area contributed by atoms with Gasteiger partial charge in [0, 0.05) is 0 Å². The van der Waals surface area contributed by atoms with Gasteiger partial charge >= 0.3 is 0 Å². The lowest BCUT2D eigenvalue weighted by molar-refractivity contribution is 1.09. The first kappa shape index (κ1) is 8.02. The molecule has 0 spiro atoms. The summed E-state index contributed by atoms with van der Waals surface area (Å²) >= 11 is 7.60. The van der Waals surface area contributed by atoms with E-state index in [0.717, 1.165) is 11.1 Å². The van der Waals surface area contributed by atoms with E-state index >= 15 is 0 Å². The van der Waals surface area contributed by atoms with Crippen LogP contribution < -0.4 is 0 Å². The van der Waals surface area contributed by atoms with Crippen LogP contribution in [0.3, 0.4) is 0 Å². The maximum atomic E-state index is 5.95. The highest BCUT2D eigenvalue weighted by atomic mass is 35.5. The molecule has 12 heavy (non-hydrogen) atoms. The lowest BCUT2D eigenvalue weighted by Crippen LogP contribution is -1.81. The standard InChI is InChI=1S/C9H8ClNS/c1-6(10)7-2-3-8-9(4-7)12-5-11-8/h2-6H,1H3. The molecule has 0 amide bonds. The molecule has 0 fully saturated rings. The van der Waals surface area contributed by atoms with Crippen LogP contribution in [0.2, 0.25) is 0 Å². The van der Waals surface area contributed by atoms with Crippen molar-refractivity contribution in [1.29, 1.82) is 0 Å². The van der Waals surface area contributed by atoms with E-state index in [4.69, 9.17) is 11.6 Å². The molecule has 2 rings (SSSR count). The van der Waals surface area contributed by atoms with Gasteiger partial charge in [0.05, 0.1) is 21.1 Å². The number of halogens is 1. The molecule has 1 aromatic carbocycles. The van der Waals surface area contributed by atoms with Gasteiger partial charge in [0.1, 0.15) is 0 Å². The largest absolute Gasteiger partial charge is 0.245 e. The Balaban J connectivity index is 2.60. The number of alkyl halides is 1. The Labute approximate surface area is 80.0 Å². The molecule has 0 aliphatic rings. The van der Waals surface area contributed by atoms with Crippen molar-refractivity contribution in [1.82, 2.24) is 4.98 Å². The lowest BCUT2D eigenvalue weighted by atomic mass is 10.1. The summed E-state index contributed by atoms with van der Waals surface area (Å²) < 4.78 is 1.21. The minimum Gasteiger partial charge on any atom is -0.245 e. The van der Waals surface area contributed by atoms with Crippen molar-refractivity contribution in [3.05, 3.63) is 29.3 Å².